The smallest absolute Gasteiger partial charge is 0.258 e. The van der Waals surface area contributed by atoms with Crippen LogP contribution in [0.4, 0.5) is 5.82 Å². The molecular formula is C22H18Cl2N4O2. The maximum atomic E-state index is 12.8. The number of halogens is 2. The van der Waals surface area contributed by atoms with Gasteiger partial charge in [-0.05, 0) is 49.7 Å². The SMILES string of the molecule is COc1cccc2c(C)cc(-n3nc(C)cc3NC(=O)c3ccc(Cl)cc3Cl)nc12. The zero-order valence-corrected chi connectivity index (χ0v) is 18.0. The minimum atomic E-state index is -0.368. The molecule has 4 rings (SSSR count). The van der Waals surface area contributed by atoms with Crippen LogP contribution < -0.4 is 10.1 Å². The number of aryl methyl sites for hydroxylation is 2. The average Bonchev–Trinajstić information content (AvgIpc) is 3.07. The largest absolute Gasteiger partial charge is 0.494 e. The van der Waals surface area contributed by atoms with Crippen molar-refractivity contribution in [1.29, 1.82) is 0 Å². The van der Waals surface area contributed by atoms with E-state index in [2.05, 4.69) is 10.4 Å². The van der Waals surface area contributed by atoms with Crippen molar-refractivity contribution >= 4 is 45.8 Å². The lowest BCUT2D eigenvalue weighted by Crippen LogP contribution is -2.16. The van der Waals surface area contributed by atoms with Crippen LogP contribution in [0.25, 0.3) is 16.7 Å². The molecule has 0 bridgehead atoms. The van der Waals surface area contributed by atoms with E-state index < -0.39 is 0 Å². The van der Waals surface area contributed by atoms with Crippen LogP contribution in [0.3, 0.4) is 0 Å². The van der Waals surface area contributed by atoms with Gasteiger partial charge in [-0.15, -0.1) is 0 Å². The normalized spacial score (nSPS) is 11.0. The highest BCUT2D eigenvalue weighted by molar-refractivity contribution is 6.37. The maximum absolute atomic E-state index is 12.8. The molecule has 2 heterocycles. The van der Waals surface area contributed by atoms with E-state index in [1.807, 2.05) is 38.1 Å². The first kappa shape index (κ1) is 20.2. The van der Waals surface area contributed by atoms with Gasteiger partial charge in [0.25, 0.3) is 5.91 Å². The van der Waals surface area contributed by atoms with Crippen molar-refractivity contribution in [3.05, 3.63) is 75.4 Å². The highest BCUT2D eigenvalue weighted by Crippen LogP contribution is 2.29. The number of benzene rings is 2. The van der Waals surface area contributed by atoms with E-state index in [4.69, 9.17) is 32.9 Å². The molecule has 0 aliphatic rings. The number of fused-ring (bicyclic) bond motifs is 1. The zero-order chi connectivity index (χ0) is 21.4. The molecule has 152 valence electrons. The molecule has 0 saturated carbocycles. The van der Waals surface area contributed by atoms with Gasteiger partial charge < -0.3 is 10.1 Å². The van der Waals surface area contributed by atoms with Crippen LogP contribution in [0, 0.1) is 13.8 Å². The molecule has 6 nitrogen and oxygen atoms in total. The number of anilines is 1. The fraction of sp³-hybridized carbons (Fsp3) is 0.136. The number of rotatable bonds is 4. The molecule has 0 aliphatic heterocycles. The van der Waals surface area contributed by atoms with E-state index in [0.29, 0.717) is 28.0 Å². The molecule has 0 atom stereocenters. The van der Waals surface area contributed by atoms with Gasteiger partial charge in [-0.2, -0.15) is 9.78 Å². The molecule has 1 N–H and O–H groups in total. The number of carbonyl (C=O) groups excluding carboxylic acids is 1. The summed E-state index contributed by atoms with van der Waals surface area (Å²) in [6, 6.07) is 14.2. The molecule has 0 unspecified atom stereocenters. The molecular weight excluding hydrogens is 423 g/mol. The van der Waals surface area contributed by atoms with Crippen LogP contribution in [0.2, 0.25) is 10.0 Å². The van der Waals surface area contributed by atoms with Gasteiger partial charge in [0, 0.05) is 16.5 Å². The van der Waals surface area contributed by atoms with E-state index >= 15 is 0 Å². The Bertz CT molecular complexity index is 1280. The third-order valence-corrected chi connectivity index (χ3v) is 5.23. The Morgan fingerprint density at radius 3 is 2.63 bits per heavy atom. The van der Waals surface area contributed by atoms with Crippen molar-refractivity contribution in [2.45, 2.75) is 13.8 Å². The van der Waals surface area contributed by atoms with E-state index in [1.165, 1.54) is 6.07 Å². The second-order valence-corrected chi connectivity index (χ2v) is 7.66. The molecule has 8 heteroatoms. The number of aromatic nitrogens is 3. The van der Waals surface area contributed by atoms with Crippen molar-refractivity contribution in [2.24, 2.45) is 0 Å². The van der Waals surface area contributed by atoms with Gasteiger partial charge in [0.05, 0.1) is 23.4 Å². The predicted octanol–water partition coefficient (Wildman–Crippen LogP) is 5.61. The Morgan fingerprint density at radius 1 is 1.10 bits per heavy atom. The summed E-state index contributed by atoms with van der Waals surface area (Å²) in [6.07, 6.45) is 0. The third-order valence-electron chi connectivity index (χ3n) is 4.68. The van der Waals surface area contributed by atoms with E-state index in [9.17, 15) is 4.79 Å². The highest BCUT2D eigenvalue weighted by Gasteiger charge is 2.17. The number of nitrogens with one attached hydrogen (secondary N) is 1. The van der Waals surface area contributed by atoms with Crippen molar-refractivity contribution in [3.8, 4) is 11.6 Å². The maximum Gasteiger partial charge on any atom is 0.258 e. The van der Waals surface area contributed by atoms with E-state index in [0.717, 1.165) is 22.2 Å². The summed E-state index contributed by atoms with van der Waals surface area (Å²) in [5.41, 5.74) is 2.78. The predicted molar refractivity (Wildman–Crippen MR) is 119 cm³/mol. The fourth-order valence-electron chi connectivity index (χ4n) is 3.27. The van der Waals surface area contributed by atoms with Gasteiger partial charge in [-0.25, -0.2) is 4.98 Å². The molecule has 4 aromatic rings. The van der Waals surface area contributed by atoms with Crippen molar-refractivity contribution in [2.75, 3.05) is 12.4 Å². The Hall–Kier alpha value is -3.09. The fourth-order valence-corrected chi connectivity index (χ4v) is 3.76. The number of para-hydroxylation sites is 1. The first-order valence-corrected chi connectivity index (χ1v) is 9.91. The van der Waals surface area contributed by atoms with Gasteiger partial charge in [-0.3, -0.25) is 4.79 Å². The Morgan fingerprint density at radius 2 is 1.90 bits per heavy atom. The standard InChI is InChI=1S/C22H18Cl2N4O2/c1-12-9-19(25-21-15(12)5-4-6-18(21)30-3)28-20(10-13(2)27-28)26-22(29)16-8-7-14(23)11-17(16)24/h4-11H,1-3H3,(H,26,29). The van der Waals surface area contributed by atoms with Crippen molar-refractivity contribution in [3.63, 3.8) is 0 Å². The first-order chi connectivity index (χ1) is 14.4. The second kappa shape index (κ2) is 7.97. The van der Waals surface area contributed by atoms with E-state index in [-0.39, 0.29) is 10.9 Å². The molecule has 0 spiro atoms. The molecule has 0 fully saturated rings. The molecule has 2 aromatic carbocycles. The van der Waals surface area contributed by atoms with Crippen molar-refractivity contribution < 1.29 is 9.53 Å². The van der Waals surface area contributed by atoms with Gasteiger partial charge >= 0.3 is 0 Å². The minimum absolute atomic E-state index is 0.271. The molecule has 2 aromatic heterocycles. The number of nitrogens with zero attached hydrogens (tertiary/aromatic N) is 3. The number of methoxy groups -OCH3 is 1. The lowest BCUT2D eigenvalue weighted by molar-refractivity contribution is 0.102. The van der Waals surface area contributed by atoms with Gasteiger partial charge in [0.1, 0.15) is 17.1 Å². The number of hydrogen-bond acceptors (Lipinski definition) is 4. The Balaban J connectivity index is 1.78. The number of amides is 1. The monoisotopic (exact) mass is 440 g/mol. The van der Waals surface area contributed by atoms with Crippen LogP contribution in [0.15, 0.2) is 48.5 Å². The van der Waals surface area contributed by atoms with E-state index in [1.54, 1.807) is 30.0 Å². The molecule has 0 aliphatic carbocycles. The summed E-state index contributed by atoms with van der Waals surface area (Å²) in [5, 5.41) is 9.09. The van der Waals surface area contributed by atoms with Crippen LogP contribution in [-0.4, -0.2) is 27.8 Å². The van der Waals surface area contributed by atoms with Crippen LogP contribution in [0.5, 0.6) is 5.75 Å². The Kier molecular flexibility index (Phi) is 5.37. The number of hydrogen-bond donors (Lipinski definition) is 1. The van der Waals surface area contributed by atoms with Gasteiger partial charge in [0.15, 0.2) is 5.82 Å². The molecule has 0 radical (unpaired) electrons. The second-order valence-electron chi connectivity index (χ2n) is 6.81. The van der Waals surface area contributed by atoms with Gasteiger partial charge in [-0.1, -0.05) is 35.3 Å². The summed E-state index contributed by atoms with van der Waals surface area (Å²) >= 11 is 12.1. The quantitative estimate of drug-likeness (QED) is 0.447. The lowest BCUT2D eigenvalue weighted by atomic mass is 10.1. The number of pyridine rings is 1. The third kappa shape index (κ3) is 3.72. The molecule has 0 saturated heterocycles. The first-order valence-electron chi connectivity index (χ1n) is 9.15. The number of carbonyl (C=O) groups is 1. The molecule has 1 amide bonds. The highest BCUT2D eigenvalue weighted by atomic mass is 35.5. The summed E-state index contributed by atoms with van der Waals surface area (Å²) < 4.78 is 7.06. The Labute approximate surface area is 183 Å². The summed E-state index contributed by atoms with van der Waals surface area (Å²) in [7, 11) is 1.61. The average molecular weight is 441 g/mol. The number of ether oxygens (including phenoxy) is 1. The molecule has 30 heavy (non-hydrogen) atoms. The van der Waals surface area contributed by atoms with Crippen molar-refractivity contribution in [1.82, 2.24) is 14.8 Å². The summed E-state index contributed by atoms with van der Waals surface area (Å²) in [6.45, 7) is 3.84. The summed E-state index contributed by atoms with van der Waals surface area (Å²) in [4.78, 5) is 17.5. The lowest BCUT2D eigenvalue weighted by Gasteiger charge is -2.12. The van der Waals surface area contributed by atoms with Crippen LogP contribution >= 0.6 is 23.2 Å². The van der Waals surface area contributed by atoms with Crippen LogP contribution in [0.1, 0.15) is 21.6 Å². The van der Waals surface area contributed by atoms with Gasteiger partial charge in [0.2, 0.25) is 0 Å². The topological polar surface area (TPSA) is 69.0 Å². The van der Waals surface area contributed by atoms with Crippen LogP contribution in [-0.2, 0) is 0 Å². The summed E-state index contributed by atoms with van der Waals surface area (Å²) in [5.74, 6) is 1.34. The minimum Gasteiger partial charge on any atom is -0.494 e. The zero-order valence-electron chi connectivity index (χ0n) is 16.5.